The summed E-state index contributed by atoms with van der Waals surface area (Å²) in [5.41, 5.74) is 0.854. The molecule has 2 aromatic rings. The number of nitrogens with one attached hydrogen (secondary N) is 1. The monoisotopic (exact) mass is 515 g/mol. The molecule has 1 N–H and O–H groups in total. The Morgan fingerprint density at radius 2 is 1.83 bits per heavy atom. The van der Waals surface area contributed by atoms with Crippen molar-refractivity contribution in [2.24, 2.45) is 0 Å². The molecule has 9 nitrogen and oxygen atoms in total. The summed E-state index contributed by atoms with van der Waals surface area (Å²) in [5.74, 6) is 0.119. The van der Waals surface area contributed by atoms with Crippen LogP contribution in [0.2, 0.25) is 0 Å². The molecule has 1 aromatic carbocycles. The molecular weight excluding hydrogens is 485 g/mol. The predicted octanol–water partition coefficient (Wildman–Crippen LogP) is 3.41. The van der Waals surface area contributed by atoms with E-state index in [1.54, 1.807) is 50.4 Å². The summed E-state index contributed by atoms with van der Waals surface area (Å²) in [5, 5.41) is 3.03. The molecule has 0 unspecified atom stereocenters. The van der Waals surface area contributed by atoms with Crippen LogP contribution in [0.3, 0.4) is 0 Å². The second-order valence-electron chi connectivity index (χ2n) is 11.0. The molecule has 0 bridgehead atoms. The Hall–Kier alpha value is -3.21. The van der Waals surface area contributed by atoms with Gasteiger partial charge in [-0.15, -0.1) is 0 Å². The fourth-order valence-corrected chi connectivity index (χ4v) is 5.99. The number of fused-ring (bicyclic) bond motifs is 1. The van der Waals surface area contributed by atoms with Gasteiger partial charge in [-0.05, 0) is 49.2 Å². The minimum absolute atomic E-state index is 0.155. The van der Waals surface area contributed by atoms with E-state index in [9.17, 15) is 22.4 Å². The van der Waals surface area contributed by atoms with Crippen molar-refractivity contribution in [1.29, 1.82) is 0 Å². The molecule has 192 valence electrons. The smallest absolute Gasteiger partial charge is 0.332 e. The van der Waals surface area contributed by atoms with Crippen molar-refractivity contribution in [3.8, 4) is 0 Å². The quantitative estimate of drug-likeness (QED) is 0.592. The Kier molecular flexibility index (Phi) is 5.37. The minimum Gasteiger partial charge on any atom is -0.364 e. The molecule has 5 rings (SSSR count). The Balaban J connectivity index is 1.45. The topological polar surface area (TPSA) is 103 Å². The number of carbonyl (C=O) groups is 2. The number of hydrogen-bond acceptors (Lipinski definition) is 6. The highest BCUT2D eigenvalue weighted by Crippen LogP contribution is 2.44. The average Bonchev–Trinajstić information content (AvgIpc) is 3.35. The number of urea groups is 1. The van der Waals surface area contributed by atoms with Crippen molar-refractivity contribution < 1.29 is 22.4 Å². The van der Waals surface area contributed by atoms with Crippen LogP contribution in [0.15, 0.2) is 36.5 Å². The summed E-state index contributed by atoms with van der Waals surface area (Å²) in [7, 11) is -3.54. The predicted molar refractivity (Wildman–Crippen MR) is 135 cm³/mol. The van der Waals surface area contributed by atoms with E-state index >= 15 is 0 Å². The fourth-order valence-electron chi connectivity index (χ4n) is 4.93. The van der Waals surface area contributed by atoms with Gasteiger partial charge in [-0.1, -0.05) is 19.9 Å². The molecule has 1 saturated heterocycles. The highest BCUT2D eigenvalue weighted by molar-refractivity contribution is 7.92. The van der Waals surface area contributed by atoms with E-state index in [0.29, 0.717) is 23.6 Å². The van der Waals surface area contributed by atoms with E-state index in [-0.39, 0.29) is 19.1 Å². The number of amides is 3. The van der Waals surface area contributed by atoms with Gasteiger partial charge in [-0.3, -0.25) is 9.10 Å². The SMILES string of the molecule is CC1(C)CN(S(C)(=O)=O)c2cc(N3C(=O)N(Cc4ccnc(N[C@@H]5C[C@@H]5F)c4)C(C)(C)C3=O)ccc21. The molecule has 2 atom stereocenters. The van der Waals surface area contributed by atoms with Crippen molar-refractivity contribution in [3.05, 3.63) is 47.7 Å². The van der Waals surface area contributed by atoms with Crippen LogP contribution >= 0.6 is 0 Å². The van der Waals surface area contributed by atoms with E-state index in [2.05, 4.69) is 10.3 Å². The molecular formula is C25H30FN5O4S. The number of rotatable bonds is 6. The van der Waals surface area contributed by atoms with Gasteiger partial charge in [-0.2, -0.15) is 0 Å². The zero-order chi connectivity index (χ0) is 26.2. The highest BCUT2D eigenvalue weighted by Gasteiger charge is 2.52. The normalized spacial score (nSPS) is 24.3. The summed E-state index contributed by atoms with van der Waals surface area (Å²) in [6.07, 6.45) is 2.30. The Morgan fingerprint density at radius 3 is 2.47 bits per heavy atom. The van der Waals surface area contributed by atoms with Crippen molar-refractivity contribution in [3.63, 3.8) is 0 Å². The van der Waals surface area contributed by atoms with Gasteiger partial charge in [-0.25, -0.2) is 27.5 Å². The van der Waals surface area contributed by atoms with Crippen molar-refractivity contribution in [2.75, 3.05) is 27.3 Å². The maximum atomic E-state index is 13.6. The van der Waals surface area contributed by atoms with Crippen LogP contribution in [0.4, 0.5) is 26.4 Å². The van der Waals surface area contributed by atoms with Crippen LogP contribution in [0.25, 0.3) is 0 Å². The van der Waals surface area contributed by atoms with Crippen LogP contribution in [0.1, 0.15) is 45.2 Å². The van der Waals surface area contributed by atoms with Gasteiger partial charge in [0.1, 0.15) is 17.5 Å². The number of hydrogen-bond donors (Lipinski definition) is 1. The molecule has 2 fully saturated rings. The zero-order valence-corrected chi connectivity index (χ0v) is 21.8. The first-order chi connectivity index (χ1) is 16.7. The third-order valence-electron chi connectivity index (χ3n) is 7.21. The number of carbonyl (C=O) groups excluding carboxylic acids is 2. The summed E-state index contributed by atoms with van der Waals surface area (Å²) in [6.45, 7) is 7.73. The molecule has 1 aromatic heterocycles. The largest absolute Gasteiger partial charge is 0.364 e. The molecule has 36 heavy (non-hydrogen) atoms. The second kappa shape index (κ2) is 7.89. The first kappa shape index (κ1) is 24.5. The van der Waals surface area contributed by atoms with Gasteiger partial charge >= 0.3 is 6.03 Å². The fraction of sp³-hybridized carbons (Fsp3) is 0.480. The summed E-state index contributed by atoms with van der Waals surface area (Å²) in [4.78, 5) is 33.9. The van der Waals surface area contributed by atoms with E-state index in [1.165, 1.54) is 9.21 Å². The third-order valence-corrected chi connectivity index (χ3v) is 8.34. The second-order valence-corrected chi connectivity index (χ2v) is 12.9. The van der Waals surface area contributed by atoms with Gasteiger partial charge in [0.2, 0.25) is 10.0 Å². The number of sulfonamides is 1. The lowest BCUT2D eigenvalue weighted by Crippen LogP contribution is -2.43. The molecule has 0 spiro atoms. The lowest BCUT2D eigenvalue weighted by molar-refractivity contribution is -0.123. The van der Waals surface area contributed by atoms with Gasteiger partial charge in [0.25, 0.3) is 5.91 Å². The standard InChI is InChI=1S/C25H30FN5O4S/c1-24(2)14-30(36(5,34)35)20-11-16(6-7-17(20)24)31-22(32)25(3,4)29(23(31)33)13-15-8-9-27-21(10-15)28-19-12-18(19)26/h6-11,18-19H,12-14H2,1-5H3,(H,27,28)/t18-,19+/m0/s1. The summed E-state index contributed by atoms with van der Waals surface area (Å²) >= 11 is 0. The number of benzene rings is 1. The van der Waals surface area contributed by atoms with Gasteiger partial charge in [0.15, 0.2) is 0 Å². The first-order valence-electron chi connectivity index (χ1n) is 11.8. The highest BCUT2D eigenvalue weighted by atomic mass is 32.2. The Labute approximate surface area is 210 Å². The van der Waals surface area contributed by atoms with E-state index in [4.69, 9.17) is 0 Å². The molecule has 1 saturated carbocycles. The summed E-state index contributed by atoms with van der Waals surface area (Å²) < 4.78 is 39.5. The number of imide groups is 1. The number of pyridine rings is 1. The van der Waals surface area contributed by atoms with E-state index in [1.807, 2.05) is 13.8 Å². The van der Waals surface area contributed by atoms with Crippen LogP contribution in [-0.2, 0) is 26.8 Å². The Morgan fingerprint density at radius 1 is 1.14 bits per heavy atom. The number of anilines is 3. The Bertz CT molecular complexity index is 1380. The lowest BCUT2D eigenvalue weighted by atomic mass is 9.87. The summed E-state index contributed by atoms with van der Waals surface area (Å²) in [6, 6.07) is 7.86. The maximum Gasteiger partial charge on any atom is 0.332 e. The number of halogens is 1. The van der Waals surface area contributed by atoms with Crippen LogP contribution in [-0.4, -0.2) is 60.8 Å². The first-order valence-corrected chi connectivity index (χ1v) is 13.7. The average molecular weight is 516 g/mol. The number of aromatic nitrogens is 1. The molecule has 3 aliphatic rings. The van der Waals surface area contributed by atoms with Crippen molar-refractivity contribution in [2.45, 2.75) is 63.8 Å². The molecule has 2 aliphatic heterocycles. The molecule has 1 aliphatic carbocycles. The van der Waals surface area contributed by atoms with Gasteiger partial charge < -0.3 is 10.2 Å². The number of nitrogens with zero attached hydrogens (tertiary/aromatic N) is 4. The third kappa shape index (κ3) is 3.99. The molecule has 11 heteroatoms. The lowest BCUT2D eigenvalue weighted by Gasteiger charge is -2.27. The van der Waals surface area contributed by atoms with Crippen LogP contribution < -0.4 is 14.5 Å². The maximum absolute atomic E-state index is 13.6. The molecule has 3 heterocycles. The van der Waals surface area contributed by atoms with Crippen LogP contribution in [0, 0.1) is 0 Å². The van der Waals surface area contributed by atoms with E-state index < -0.39 is 39.1 Å². The molecule has 0 radical (unpaired) electrons. The molecule has 3 amide bonds. The zero-order valence-electron chi connectivity index (χ0n) is 20.9. The van der Waals surface area contributed by atoms with Crippen molar-refractivity contribution in [1.82, 2.24) is 9.88 Å². The minimum atomic E-state index is -3.54. The van der Waals surface area contributed by atoms with Gasteiger partial charge in [0.05, 0.1) is 23.7 Å². The van der Waals surface area contributed by atoms with Crippen LogP contribution in [0.5, 0.6) is 0 Å². The number of alkyl halides is 1. The van der Waals surface area contributed by atoms with Crippen molar-refractivity contribution >= 4 is 39.2 Å². The van der Waals surface area contributed by atoms with Gasteiger partial charge in [0, 0.05) is 31.1 Å². The van der Waals surface area contributed by atoms with E-state index in [0.717, 1.165) is 22.3 Å².